The highest BCUT2D eigenvalue weighted by atomic mass is 32.2. The van der Waals surface area contributed by atoms with Crippen LogP contribution in [0, 0.1) is 5.82 Å². The second kappa shape index (κ2) is 7.16. The molecule has 8 heteroatoms. The standard InChI is InChI=1S/C19H23FN4O2S/c1-23(27(25,26)12-14-5-3-2-4-6-14)16-9-10-24(11-16)19-17(20)18(15-7-8-15)21-13-22-19/h2-6,13,15-16H,7-12H2,1H3. The molecule has 0 spiro atoms. The summed E-state index contributed by atoms with van der Waals surface area (Å²) in [7, 11) is -1.83. The Morgan fingerprint density at radius 3 is 2.63 bits per heavy atom. The maximum absolute atomic E-state index is 14.8. The Labute approximate surface area is 159 Å². The first kappa shape index (κ1) is 18.3. The lowest BCUT2D eigenvalue weighted by Crippen LogP contribution is -2.39. The Morgan fingerprint density at radius 1 is 1.19 bits per heavy atom. The molecule has 1 aliphatic heterocycles. The van der Waals surface area contributed by atoms with Crippen molar-refractivity contribution in [3.63, 3.8) is 0 Å². The molecule has 2 fully saturated rings. The van der Waals surface area contributed by atoms with Crippen LogP contribution in [-0.2, 0) is 15.8 Å². The number of hydrogen-bond donors (Lipinski definition) is 0. The fraction of sp³-hybridized carbons (Fsp3) is 0.474. The van der Waals surface area contributed by atoms with Crippen molar-refractivity contribution in [1.29, 1.82) is 0 Å². The molecule has 0 radical (unpaired) electrons. The predicted molar refractivity (Wildman–Crippen MR) is 101 cm³/mol. The molecule has 1 aliphatic carbocycles. The fourth-order valence-electron chi connectivity index (χ4n) is 3.58. The number of sulfonamides is 1. The van der Waals surface area contributed by atoms with E-state index in [1.807, 2.05) is 35.2 Å². The summed E-state index contributed by atoms with van der Waals surface area (Å²) >= 11 is 0. The summed E-state index contributed by atoms with van der Waals surface area (Å²) in [4.78, 5) is 10.1. The molecule has 2 heterocycles. The summed E-state index contributed by atoms with van der Waals surface area (Å²) in [5, 5.41) is 0. The van der Waals surface area contributed by atoms with E-state index in [4.69, 9.17) is 0 Å². The van der Waals surface area contributed by atoms with Gasteiger partial charge in [0.15, 0.2) is 11.6 Å². The van der Waals surface area contributed by atoms with Crippen molar-refractivity contribution < 1.29 is 12.8 Å². The molecule has 0 bridgehead atoms. The molecule has 2 aromatic rings. The van der Waals surface area contributed by atoms with E-state index >= 15 is 0 Å². The highest BCUT2D eigenvalue weighted by Crippen LogP contribution is 2.41. The Kier molecular flexibility index (Phi) is 4.86. The van der Waals surface area contributed by atoms with Crippen LogP contribution in [0.4, 0.5) is 10.2 Å². The summed E-state index contributed by atoms with van der Waals surface area (Å²) in [6.45, 7) is 1.01. The Balaban J connectivity index is 1.47. The zero-order valence-electron chi connectivity index (χ0n) is 15.3. The SMILES string of the molecule is CN(C1CCN(c2ncnc(C3CC3)c2F)C1)S(=O)(=O)Cc1ccccc1. The van der Waals surface area contributed by atoms with Crippen molar-refractivity contribution in [2.45, 2.75) is 37.0 Å². The second-order valence-electron chi connectivity index (χ2n) is 7.32. The number of aromatic nitrogens is 2. The van der Waals surface area contributed by atoms with Crippen LogP contribution in [-0.4, -0.2) is 48.9 Å². The first-order valence-corrected chi connectivity index (χ1v) is 10.8. The maximum Gasteiger partial charge on any atom is 0.218 e. The molecule has 0 N–H and O–H groups in total. The first-order valence-electron chi connectivity index (χ1n) is 9.20. The largest absolute Gasteiger partial charge is 0.352 e. The minimum absolute atomic E-state index is 0.0332. The van der Waals surface area contributed by atoms with Crippen LogP contribution in [0.15, 0.2) is 36.7 Å². The quantitative estimate of drug-likeness (QED) is 0.758. The molecule has 1 aromatic heterocycles. The molecule has 6 nitrogen and oxygen atoms in total. The third-order valence-electron chi connectivity index (χ3n) is 5.37. The lowest BCUT2D eigenvalue weighted by Gasteiger charge is -2.25. The van der Waals surface area contributed by atoms with E-state index in [0.29, 0.717) is 31.0 Å². The normalized spacial score (nSPS) is 20.4. The third-order valence-corrected chi connectivity index (χ3v) is 7.24. The average Bonchev–Trinajstić information content (AvgIpc) is 3.38. The molecule has 4 rings (SSSR count). The van der Waals surface area contributed by atoms with Gasteiger partial charge in [-0.1, -0.05) is 30.3 Å². The summed E-state index contributed by atoms with van der Waals surface area (Å²) in [5.74, 6) is 0.118. The number of rotatable bonds is 6. The van der Waals surface area contributed by atoms with E-state index in [0.717, 1.165) is 18.4 Å². The molecule has 0 amide bonds. The van der Waals surface area contributed by atoms with Crippen LogP contribution in [0.2, 0.25) is 0 Å². The van der Waals surface area contributed by atoms with E-state index in [-0.39, 0.29) is 23.5 Å². The molecule has 1 unspecified atom stereocenters. The molecule has 2 aliphatic rings. The fourth-order valence-corrected chi connectivity index (χ4v) is 5.02. The highest BCUT2D eigenvalue weighted by molar-refractivity contribution is 7.88. The van der Waals surface area contributed by atoms with Crippen molar-refractivity contribution in [3.8, 4) is 0 Å². The van der Waals surface area contributed by atoms with Crippen molar-refractivity contribution >= 4 is 15.8 Å². The van der Waals surface area contributed by atoms with E-state index in [2.05, 4.69) is 9.97 Å². The van der Waals surface area contributed by atoms with Crippen LogP contribution in [0.3, 0.4) is 0 Å². The first-order chi connectivity index (χ1) is 13.0. The molecular formula is C19H23FN4O2S. The van der Waals surface area contributed by atoms with E-state index in [1.54, 1.807) is 7.05 Å². The van der Waals surface area contributed by atoms with Crippen molar-refractivity contribution in [1.82, 2.24) is 14.3 Å². The van der Waals surface area contributed by atoms with E-state index in [1.165, 1.54) is 10.6 Å². The summed E-state index contributed by atoms with van der Waals surface area (Å²) in [6.07, 6.45) is 3.99. The molecule has 27 heavy (non-hydrogen) atoms. The lowest BCUT2D eigenvalue weighted by atomic mass is 10.2. The Morgan fingerprint density at radius 2 is 1.93 bits per heavy atom. The van der Waals surface area contributed by atoms with E-state index < -0.39 is 10.0 Å². The number of hydrogen-bond acceptors (Lipinski definition) is 5. The van der Waals surface area contributed by atoms with Crippen molar-refractivity contribution in [2.75, 3.05) is 25.0 Å². The summed E-state index contributed by atoms with van der Waals surface area (Å²) in [6, 6.07) is 8.94. The van der Waals surface area contributed by atoms with Crippen LogP contribution < -0.4 is 4.90 Å². The van der Waals surface area contributed by atoms with Gasteiger partial charge in [-0.3, -0.25) is 0 Å². The molecule has 1 saturated heterocycles. The second-order valence-corrected chi connectivity index (χ2v) is 9.35. The Bertz CT molecular complexity index is 919. The van der Waals surface area contributed by atoms with Gasteiger partial charge in [0, 0.05) is 32.1 Å². The Hall–Kier alpha value is -2.06. The van der Waals surface area contributed by atoms with Gasteiger partial charge in [-0.15, -0.1) is 0 Å². The zero-order valence-corrected chi connectivity index (χ0v) is 16.1. The van der Waals surface area contributed by atoms with Gasteiger partial charge in [0.05, 0.1) is 11.4 Å². The number of halogens is 1. The van der Waals surface area contributed by atoms with Crippen LogP contribution in [0.25, 0.3) is 0 Å². The van der Waals surface area contributed by atoms with E-state index in [9.17, 15) is 12.8 Å². The van der Waals surface area contributed by atoms with Gasteiger partial charge in [-0.25, -0.2) is 22.8 Å². The van der Waals surface area contributed by atoms with Gasteiger partial charge in [0.2, 0.25) is 10.0 Å². The van der Waals surface area contributed by atoms with Crippen molar-refractivity contribution in [3.05, 3.63) is 53.7 Å². The van der Waals surface area contributed by atoms with Crippen LogP contribution >= 0.6 is 0 Å². The predicted octanol–water partition coefficient (Wildman–Crippen LogP) is 2.53. The number of benzene rings is 1. The van der Waals surface area contributed by atoms with Gasteiger partial charge in [-0.2, -0.15) is 4.31 Å². The monoisotopic (exact) mass is 390 g/mol. The molecule has 144 valence electrons. The lowest BCUT2D eigenvalue weighted by molar-refractivity contribution is 0.389. The number of likely N-dealkylation sites (N-methyl/N-ethyl adjacent to an activating group) is 1. The van der Waals surface area contributed by atoms with Gasteiger partial charge < -0.3 is 4.90 Å². The number of nitrogens with zero attached hydrogens (tertiary/aromatic N) is 4. The van der Waals surface area contributed by atoms with Gasteiger partial charge in [-0.05, 0) is 24.8 Å². The molecule has 1 atom stereocenters. The maximum atomic E-state index is 14.8. The summed E-state index contributed by atoms with van der Waals surface area (Å²) in [5.41, 5.74) is 1.25. The summed E-state index contributed by atoms with van der Waals surface area (Å²) < 4.78 is 41.7. The average molecular weight is 390 g/mol. The van der Waals surface area contributed by atoms with Gasteiger partial charge >= 0.3 is 0 Å². The van der Waals surface area contributed by atoms with Crippen molar-refractivity contribution in [2.24, 2.45) is 0 Å². The topological polar surface area (TPSA) is 66.4 Å². The smallest absolute Gasteiger partial charge is 0.218 e. The zero-order chi connectivity index (χ0) is 19.0. The molecule has 1 aromatic carbocycles. The minimum atomic E-state index is -3.44. The highest BCUT2D eigenvalue weighted by Gasteiger charge is 2.36. The minimum Gasteiger partial charge on any atom is -0.352 e. The molecular weight excluding hydrogens is 367 g/mol. The third kappa shape index (κ3) is 3.82. The van der Waals surface area contributed by atoms with Crippen LogP contribution in [0.1, 0.15) is 36.4 Å². The van der Waals surface area contributed by atoms with Gasteiger partial charge in [0.1, 0.15) is 6.33 Å². The van der Waals surface area contributed by atoms with Crippen LogP contribution in [0.5, 0.6) is 0 Å². The van der Waals surface area contributed by atoms with Gasteiger partial charge in [0.25, 0.3) is 0 Å². The molecule has 1 saturated carbocycles. The number of anilines is 1.